The summed E-state index contributed by atoms with van der Waals surface area (Å²) in [6.45, 7) is 5.32. The normalized spacial score (nSPS) is 21.0. The van der Waals surface area contributed by atoms with E-state index < -0.39 is 11.6 Å². The molecule has 2 saturated heterocycles. The third-order valence-electron chi connectivity index (χ3n) is 4.90. The topological polar surface area (TPSA) is 49.3 Å². The fraction of sp³-hybridized carbons (Fsp3) is 0.632. The summed E-state index contributed by atoms with van der Waals surface area (Å²) >= 11 is 0. The van der Waals surface area contributed by atoms with Gasteiger partial charge in [-0.25, -0.2) is 8.78 Å². The van der Waals surface area contributed by atoms with Gasteiger partial charge in [0.05, 0.1) is 25.0 Å². The van der Waals surface area contributed by atoms with Crippen molar-refractivity contribution in [3.8, 4) is 0 Å². The minimum atomic E-state index is -0.422. The van der Waals surface area contributed by atoms with Crippen molar-refractivity contribution >= 4 is 11.6 Å². The maximum Gasteiger partial charge on any atom is 0.193 e. The molecule has 0 saturated carbocycles. The summed E-state index contributed by atoms with van der Waals surface area (Å²) in [7, 11) is 1.74. The number of aliphatic imine (C=N–C) groups is 1. The predicted octanol–water partition coefficient (Wildman–Crippen LogP) is 1.86. The molecule has 1 atom stereocenters. The molecule has 0 aliphatic carbocycles. The van der Waals surface area contributed by atoms with Gasteiger partial charge >= 0.3 is 0 Å². The summed E-state index contributed by atoms with van der Waals surface area (Å²) in [5.41, 5.74) is 0.320. The number of nitrogens with zero attached hydrogens (tertiary/aromatic N) is 3. The van der Waals surface area contributed by atoms with Crippen LogP contribution in [0.1, 0.15) is 12.8 Å². The van der Waals surface area contributed by atoms with Gasteiger partial charge in [0.25, 0.3) is 0 Å². The standard InChI is InChI=1S/C19H28F2N4O2/c1-22-19(23-6-12-26-14-16-3-2-11-27-16)25-9-7-24(8-10-25)18-13-15(20)4-5-17(18)21/h4-5,13,16H,2-3,6-12,14H2,1H3,(H,22,23). The summed E-state index contributed by atoms with van der Waals surface area (Å²) in [4.78, 5) is 8.30. The summed E-state index contributed by atoms with van der Waals surface area (Å²) in [5.74, 6) is -0.0138. The summed E-state index contributed by atoms with van der Waals surface area (Å²) < 4.78 is 38.5. The Morgan fingerprint density at radius 2 is 2.11 bits per heavy atom. The van der Waals surface area contributed by atoms with E-state index in [2.05, 4.69) is 15.2 Å². The van der Waals surface area contributed by atoms with Crippen molar-refractivity contribution < 1.29 is 18.3 Å². The van der Waals surface area contributed by atoms with Crippen LogP contribution in [0.4, 0.5) is 14.5 Å². The van der Waals surface area contributed by atoms with E-state index in [0.29, 0.717) is 51.6 Å². The van der Waals surface area contributed by atoms with Gasteiger partial charge in [-0.3, -0.25) is 4.99 Å². The first-order valence-electron chi connectivity index (χ1n) is 9.52. The monoisotopic (exact) mass is 382 g/mol. The lowest BCUT2D eigenvalue weighted by Crippen LogP contribution is -2.53. The van der Waals surface area contributed by atoms with Crippen LogP contribution in [-0.2, 0) is 9.47 Å². The number of benzene rings is 1. The molecule has 150 valence electrons. The van der Waals surface area contributed by atoms with Crippen molar-refractivity contribution in [1.82, 2.24) is 10.2 Å². The van der Waals surface area contributed by atoms with E-state index >= 15 is 0 Å². The average Bonchev–Trinajstić information content (AvgIpc) is 3.20. The Bertz CT molecular complexity index is 630. The van der Waals surface area contributed by atoms with Gasteiger partial charge in [0.15, 0.2) is 5.96 Å². The molecule has 1 unspecified atom stereocenters. The number of piperazine rings is 1. The average molecular weight is 382 g/mol. The molecular formula is C19H28F2N4O2. The van der Waals surface area contributed by atoms with Crippen molar-refractivity contribution in [3.05, 3.63) is 29.8 Å². The van der Waals surface area contributed by atoms with Crippen LogP contribution < -0.4 is 10.2 Å². The zero-order chi connectivity index (χ0) is 19.1. The zero-order valence-electron chi connectivity index (χ0n) is 15.8. The van der Waals surface area contributed by atoms with Gasteiger partial charge in [-0.15, -0.1) is 0 Å². The fourth-order valence-corrected chi connectivity index (χ4v) is 3.45. The number of rotatable bonds is 6. The number of guanidine groups is 1. The van der Waals surface area contributed by atoms with Gasteiger partial charge < -0.3 is 24.6 Å². The Morgan fingerprint density at radius 1 is 1.30 bits per heavy atom. The molecule has 1 N–H and O–H groups in total. The van der Waals surface area contributed by atoms with E-state index in [0.717, 1.165) is 31.5 Å². The number of hydrogen-bond donors (Lipinski definition) is 1. The lowest BCUT2D eigenvalue weighted by molar-refractivity contribution is 0.0190. The van der Waals surface area contributed by atoms with Crippen LogP contribution in [0.2, 0.25) is 0 Å². The van der Waals surface area contributed by atoms with Gasteiger partial charge in [-0.05, 0) is 25.0 Å². The van der Waals surface area contributed by atoms with E-state index in [1.54, 1.807) is 7.05 Å². The van der Waals surface area contributed by atoms with Crippen molar-refractivity contribution in [1.29, 1.82) is 0 Å². The maximum absolute atomic E-state index is 13.9. The van der Waals surface area contributed by atoms with E-state index in [1.165, 1.54) is 12.1 Å². The molecule has 3 rings (SSSR count). The third kappa shape index (κ3) is 5.52. The molecule has 2 fully saturated rings. The van der Waals surface area contributed by atoms with E-state index in [1.807, 2.05) is 4.90 Å². The lowest BCUT2D eigenvalue weighted by atomic mass is 10.2. The first-order valence-corrected chi connectivity index (χ1v) is 9.52. The van der Waals surface area contributed by atoms with Crippen LogP contribution in [-0.4, -0.2) is 76.6 Å². The highest BCUT2D eigenvalue weighted by atomic mass is 19.1. The fourth-order valence-electron chi connectivity index (χ4n) is 3.45. The summed E-state index contributed by atoms with van der Waals surface area (Å²) in [5, 5.41) is 3.30. The first-order chi connectivity index (χ1) is 13.2. The highest BCUT2D eigenvalue weighted by molar-refractivity contribution is 5.80. The van der Waals surface area contributed by atoms with E-state index in [9.17, 15) is 8.78 Å². The van der Waals surface area contributed by atoms with E-state index in [4.69, 9.17) is 9.47 Å². The SMILES string of the molecule is CN=C(NCCOCC1CCCO1)N1CCN(c2cc(F)ccc2F)CC1. The molecule has 2 aliphatic heterocycles. The zero-order valence-corrected chi connectivity index (χ0v) is 15.8. The van der Waals surface area contributed by atoms with Crippen molar-refractivity contribution in [2.45, 2.75) is 18.9 Å². The Morgan fingerprint density at radius 3 is 2.81 bits per heavy atom. The van der Waals surface area contributed by atoms with Crippen LogP contribution in [0, 0.1) is 11.6 Å². The number of ether oxygens (including phenoxy) is 2. The summed E-state index contributed by atoms with van der Waals surface area (Å²) in [6, 6.07) is 3.57. The van der Waals surface area contributed by atoms with Gasteiger partial charge in [-0.1, -0.05) is 0 Å². The van der Waals surface area contributed by atoms with Gasteiger partial charge in [-0.2, -0.15) is 0 Å². The Kier molecular flexibility index (Phi) is 7.23. The molecule has 2 aliphatic rings. The minimum Gasteiger partial charge on any atom is -0.377 e. The molecule has 6 nitrogen and oxygen atoms in total. The quantitative estimate of drug-likeness (QED) is 0.462. The molecule has 0 aromatic heterocycles. The molecule has 0 radical (unpaired) electrons. The predicted molar refractivity (Wildman–Crippen MR) is 101 cm³/mol. The Balaban J connectivity index is 1.40. The Labute approximate surface area is 159 Å². The largest absolute Gasteiger partial charge is 0.377 e. The number of hydrogen-bond acceptors (Lipinski definition) is 4. The van der Waals surface area contributed by atoms with Crippen molar-refractivity contribution in [3.63, 3.8) is 0 Å². The molecule has 0 bridgehead atoms. The molecule has 2 heterocycles. The maximum atomic E-state index is 13.9. The van der Waals surface area contributed by atoms with Gasteiger partial charge in [0, 0.05) is 52.4 Å². The highest BCUT2D eigenvalue weighted by Crippen LogP contribution is 2.21. The number of nitrogens with one attached hydrogen (secondary N) is 1. The second-order valence-corrected chi connectivity index (χ2v) is 6.75. The molecule has 0 spiro atoms. The van der Waals surface area contributed by atoms with Gasteiger partial charge in [0.2, 0.25) is 0 Å². The van der Waals surface area contributed by atoms with Crippen LogP contribution in [0.5, 0.6) is 0 Å². The van der Waals surface area contributed by atoms with Crippen LogP contribution in [0.25, 0.3) is 0 Å². The lowest BCUT2D eigenvalue weighted by Gasteiger charge is -2.37. The minimum absolute atomic E-state index is 0.237. The number of halogens is 2. The van der Waals surface area contributed by atoms with Crippen LogP contribution >= 0.6 is 0 Å². The Hall–Kier alpha value is -1.93. The van der Waals surface area contributed by atoms with Crippen molar-refractivity contribution in [2.75, 3.05) is 64.5 Å². The molecule has 1 aromatic rings. The second-order valence-electron chi connectivity index (χ2n) is 6.75. The molecular weight excluding hydrogens is 354 g/mol. The molecule has 27 heavy (non-hydrogen) atoms. The highest BCUT2D eigenvalue weighted by Gasteiger charge is 2.22. The summed E-state index contributed by atoms with van der Waals surface area (Å²) in [6.07, 6.45) is 2.43. The second kappa shape index (κ2) is 9.85. The number of anilines is 1. The van der Waals surface area contributed by atoms with E-state index in [-0.39, 0.29) is 6.10 Å². The smallest absolute Gasteiger partial charge is 0.193 e. The van der Waals surface area contributed by atoms with Gasteiger partial charge in [0.1, 0.15) is 11.6 Å². The first kappa shape index (κ1) is 19.8. The molecule has 1 aromatic carbocycles. The van der Waals surface area contributed by atoms with Crippen molar-refractivity contribution in [2.24, 2.45) is 4.99 Å². The van der Waals surface area contributed by atoms with Crippen LogP contribution in [0.15, 0.2) is 23.2 Å². The van der Waals surface area contributed by atoms with Crippen LogP contribution in [0.3, 0.4) is 0 Å². The third-order valence-corrected chi connectivity index (χ3v) is 4.90. The molecule has 8 heteroatoms. The molecule has 0 amide bonds.